The Hall–Kier alpha value is -2.04. The van der Waals surface area contributed by atoms with Crippen molar-refractivity contribution < 1.29 is 14.3 Å². The van der Waals surface area contributed by atoms with Gasteiger partial charge in [0.15, 0.2) is 0 Å². The molecule has 3 aliphatic carbocycles. The van der Waals surface area contributed by atoms with Crippen LogP contribution in [0, 0.1) is 5.92 Å². The van der Waals surface area contributed by atoms with E-state index in [1.165, 1.54) is 31.1 Å². The van der Waals surface area contributed by atoms with Crippen LogP contribution >= 0.6 is 0 Å². The number of hydrogen-bond acceptors (Lipinski definition) is 3. The number of benzene rings is 1. The summed E-state index contributed by atoms with van der Waals surface area (Å²) in [6, 6.07) is 9.51. The van der Waals surface area contributed by atoms with E-state index in [-0.39, 0.29) is 17.4 Å². The highest BCUT2D eigenvalue weighted by molar-refractivity contribution is 5.81. The first kappa shape index (κ1) is 19.3. The van der Waals surface area contributed by atoms with Gasteiger partial charge in [-0.05, 0) is 67.9 Å². The zero-order chi connectivity index (χ0) is 20.1. The Bertz CT molecular complexity index is 757. The molecule has 0 spiro atoms. The van der Waals surface area contributed by atoms with Crippen molar-refractivity contribution in [3.8, 4) is 0 Å². The fraction of sp³-hybridized carbons (Fsp3) is 0.652. The molecule has 3 aliphatic rings. The van der Waals surface area contributed by atoms with Gasteiger partial charge in [-0.15, -0.1) is 0 Å². The van der Waals surface area contributed by atoms with Crippen LogP contribution in [0.3, 0.4) is 0 Å². The van der Waals surface area contributed by atoms with Crippen molar-refractivity contribution in [2.45, 2.75) is 75.3 Å². The Labute approximate surface area is 167 Å². The van der Waals surface area contributed by atoms with Gasteiger partial charge in [0.2, 0.25) is 5.91 Å². The van der Waals surface area contributed by atoms with Crippen molar-refractivity contribution in [3.63, 3.8) is 0 Å². The Morgan fingerprint density at radius 2 is 1.71 bits per heavy atom. The maximum atomic E-state index is 12.8. The number of nitrogens with zero attached hydrogens (tertiary/aromatic N) is 1. The molecule has 2 amide bonds. The first-order chi connectivity index (χ1) is 13.2. The number of carbonyl (C=O) groups excluding carboxylic acids is 2. The summed E-state index contributed by atoms with van der Waals surface area (Å²) in [5.41, 5.74) is 2.97. The van der Waals surface area contributed by atoms with Crippen LogP contribution in [0.15, 0.2) is 24.3 Å². The zero-order valence-electron chi connectivity index (χ0n) is 17.5. The second-order valence-corrected chi connectivity index (χ2v) is 9.74. The Morgan fingerprint density at radius 3 is 2.25 bits per heavy atom. The van der Waals surface area contributed by atoms with Crippen LogP contribution in [0.5, 0.6) is 0 Å². The summed E-state index contributed by atoms with van der Waals surface area (Å²) in [7, 11) is 3.30. The average molecular weight is 385 g/mol. The number of carbonyl (C=O) groups is 2. The smallest absolute Gasteiger partial charge is 0.407 e. The van der Waals surface area contributed by atoms with Gasteiger partial charge < -0.3 is 15.0 Å². The molecule has 0 saturated heterocycles. The molecule has 1 aromatic carbocycles. The molecule has 0 heterocycles. The molecule has 3 fully saturated rings. The molecule has 0 unspecified atom stereocenters. The van der Waals surface area contributed by atoms with Gasteiger partial charge in [-0.1, -0.05) is 31.2 Å². The molecule has 3 saturated carbocycles. The van der Waals surface area contributed by atoms with Crippen LogP contribution in [0.2, 0.25) is 0 Å². The third-order valence-corrected chi connectivity index (χ3v) is 7.42. The van der Waals surface area contributed by atoms with Gasteiger partial charge in [-0.2, -0.15) is 0 Å². The van der Waals surface area contributed by atoms with E-state index in [0.29, 0.717) is 30.2 Å². The van der Waals surface area contributed by atoms with Crippen LogP contribution in [-0.4, -0.2) is 42.6 Å². The summed E-state index contributed by atoms with van der Waals surface area (Å²) in [5.74, 6) is 0.781. The molecule has 0 atom stereocenters. The van der Waals surface area contributed by atoms with Crippen molar-refractivity contribution in [1.29, 1.82) is 0 Å². The van der Waals surface area contributed by atoms with E-state index in [9.17, 15) is 9.59 Å². The highest BCUT2D eigenvalue weighted by Crippen LogP contribution is 2.48. The van der Waals surface area contributed by atoms with Gasteiger partial charge >= 0.3 is 6.09 Å². The lowest BCUT2D eigenvalue weighted by molar-refractivity contribution is -0.143. The van der Waals surface area contributed by atoms with E-state index in [1.54, 1.807) is 0 Å². The monoisotopic (exact) mass is 384 g/mol. The number of rotatable bonds is 5. The second kappa shape index (κ2) is 6.78. The predicted octanol–water partition coefficient (Wildman–Crippen LogP) is 3.97. The lowest BCUT2D eigenvalue weighted by Gasteiger charge is -2.48. The third-order valence-electron chi connectivity index (χ3n) is 7.42. The Balaban J connectivity index is 1.25. The third kappa shape index (κ3) is 3.51. The lowest BCUT2D eigenvalue weighted by atomic mass is 9.68. The second-order valence-electron chi connectivity index (χ2n) is 9.74. The number of nitrogens with one attached hydrogen (secondary N) is 1. The molecular weight excluding hydrogens is 352 g/mol. The molecule has 5 heteroatoms. The van der Waals surface area contributed by atoms with Crippen molar-refractivity contribution in [3.05, 3.63) is 35.4 Å². The molecule has 1 N–H and O–H groups in total. The minimum Gasteiger partial charge on any atom is -0.453 e. The normalized spacial score (nSPS) is 32.5. The summed E-state index contributed by atoms with van der Waals surface area (Å²) in [4.78, 5) is 26.1. The van der Waals surface area contributed by atoms with Gasteiger partial charge in [-0.3, -0.25) is 4.79 Å². The van der Waals surface area contributed by atoms with E-state index in [0.717, 1.165) is 12.8 Å². The number of amides is 2. The van der Waals surface area contributed by atoms with Gasteiger partial charge in [-0.25, -0.2) is 4.79 Å². The Morgan fingerprint density at radius 1 is 1.11 bits per heavy atom. The standard InChI is InChI=1S/C23H32N2O3/c1-22(9-10-22)18-7-5-15(6-8-18)16-11-19(12-16)25(3)20(26)17-13-23(2,14-17)24-21(27)28-4/h5-8,16-17,19H,9-14H2,1-4H3,(H,24,27). The average Bonchev–Trinajstić information content (AvgIpc) is 3.36. The quantitative estimate of drug-likeness (QED) is 0.836. The fourth-order valence-corrected chi connectivity index (χ4v) is 4.88. The summed E-state index contributed by atoms with van der Waals surface area (Å²) in [5, 5.41) is 2.84. The summed E-state index contributed by atoms with van der Waals surface area (Å²) >= 11 is 0. The molecular formula is C23H32N2O3. The topological polar surface area (TPSA) is 58.6 Å². The number of hydrogen-bond donors (Lipinski definition) is 1. The van der Waals surface area contributed by atoms with E-state index in [1.807, 2.05) is 18.9 Å². The van der Waals surface area contributed by atoms with Crippen molar-refractivity contribution in [1.82, 2.24) is 10.2 Å². The SMILES string of the molecule is COC(=O)NC1(C)CC(C(=O)N(C)C2CC(c3ccc(C4(C)CC4)cc3)C2)C1. The lowest BCUT2D eigenvalue weighted by Crippen LogP contribution is -2.59. The molecule has 4 rings (SSSR count). The molecule has 1 aromatic rings. The first-order valence-corrected chi connectivity index (χ1v) is 10.5. The van der Waals surface area contributed by atoms with E-state index in [4.69, 9.17) is 0 Å². The molecule has 5 nitrogen and oxygen atoms in total. The summed E-state index contributed by atoms with van der Waals surface area (Å²) < 4.78 is 4.67. The van der Waals surface area contributed by atoms with Gasteiger partial charge in [0.1, 0.15) is 0 Å². The van der Waals surface area contributed by atoms with Gasteiger partial charge in [0.05, 0.1) is 7.11 Å². The highest BCUT2D eigenvalue weighted by Gasteiger charge is 2.47. The largest absolute Gasteiger partial charge is 0.453 e. The van der Waals surface area contributed by atoms with Crippen molar-refractivity contribution in [2.24, 2.45) is 5.92 Å². The molecule has 0 aromatic heterocycles. The van der Waals surface area contributed by atoms with Crippen LogP contribution in [0.25, 0.3) is 0 Å². The van der Waals surface area contributed by atoms with E-state index >= 15 is 0 Å². The maximum Gasteiger partial charge on any atom is 0.407 e. The minimum absolute atomic E-state index is 0.00442. The number of alkyl carbamates (subject to hydrolysis) is 1. The van der Waals surface area contributed by atoms with Gasteiger partial charge in [0, 0.05) is 24.5 Å². The van der Waals surface area contributed by atoms with E-state index < -0.39 is 6.09 Å². The molecule has 152 valence electrons. The van der Waals surface area contributed by atoms with Crippen LogP contribution < -0.4 is 5.32 Å². The van der Waals surface area contributed by atoms with Gasteiger partial charge in [0.25, 0.3) is 0 Å². The van der Waals surface area contributed by atoms with Crippen molar-refractivity contribution >= 4 is 12.0 Å². The maximum absolute atomic E-state index is 12.8. The molecule has 28 heavy (non-hydrogen) atoms. The molecule has 0 radical (unpaired) electrons. The summed E-state index contributed by atoms with van der Waals surface area (Å²) in [6.45, 7) is 4.31. The van der Waals surface area contributed by atoms with E-state index in [2.05, 4.69) is 41.2 Å². The first-order valence-electron chi connectivity index (χ1n) is 10.5. The Kier molecular flexibility index (Phi) is 4.67. The molecule has 0 bridgehead atoms. The summed E-state index contributed by atoms with van der Waals surface area (Å²) in [6.07, 6.45) is 5.64. The highest BCUT2D eigenvalue weighted by atomic mass is 16.5. The molecule has 0 aliphatic heterocycles. The van der Waals surface area contributed by atoms with Crippen LogP contribution in [-0.2, 0) is 14.9 Å². The number of ether oxygens (including phenoxy) is 1. The fourth-order valence-electron chi connectivity index (χ4n) is 4.88. The van der Waals surface area contributed by atoms with Crippen LogP contribution in [0.4, 0.5) is 4.79 Å². The van der Waals surface area contributed by atoms with Crippen LogP contribution in [0.1, 0.15) is 69.4 Å². The van der Waals surface area contributed by atoms with Crippen molar-refractivity contribution in [2.75, 3.05) is 14.2 Å². The minimum atomic E-state index is -0.426. The predicted molar refractivity (Wildman–Crippen MR) is 108 cm³/mol. The zero-order valence-corrected chi connectivity index (χ0v) is 17.5. The number of methoxy groups -OCH3 is 1.